The van der Waals surface area contributed by atoms with E-state index in [-0.39, 0.29) is 5.75 Å². The molecule has 0 aliphatic rings. The molecule has 0 N–H and O–H groups in total. The number of unbranched alkanes of at least 4 members (excludes halogenated alkanes) is 52. The molecule has 0 saturated heterocycles. The lowest BCUT2D eigenvalue weighted by Gasteiger charge is -2.27. The molecule has 4 nitrogen and oxygen atoms in total. The predicted octanol–water partition coefficient (Wildman–Crippen LogP) is 23.8. The van der Waals surface area contributed by atoms with E-state index in [0.29, 0.717) is 10.9 Å². The summed E-state index contributed by atoms with van der Waals surface area (Å²) < 4.78 is 35.2. The molecular weight excluding hydrogens is 899 g/mol. The quantitative estimate of drug-likeness (QED) is 0.0346. The molecule has 72 heavy (non-hydrogen) atoms. The van der Waals surface area contributed by atoms with Crippen LogP contribution in [0.1, 0.15) is 380 Å². The fourth-order valence-electron chi connectivity index (χ4n) is 10.8. The standard InChI is InChI=1S/C67H131NO3S/c1-4-7-10-13-16-19-22-25-28-31-34-37-40-43-46-49-52-55-58-63-68(66-61-62-67-72(69,70)71,64-59-56-53-50-47-44-41-38-35-32-29-26-23-20-17-14-11-8-5-2)65-60-57-54-51-48-45-42-39-36-33-30-27-24-21-18-15-12-9-6-3/h58-60,63-65H,4-57,61-62,66-67H2,1-3H3/b63-58+,64-59+,65-60+. The summed E-state index contributed by atoms with van der Waals surface area (Å²) in [4.78, 5) is 0. The second-order valence-corrected chi connectivity index (χ2v) is 24.7. The van der Waals surface area contributed by atoms with E-state index in [0.717, 1.165) is 32.2 Å². The summed E-state index contributed by atoms with van der Waals surface area (Å²) in [6.07, 6.45) is 89.9. The Morgan fingerprint density at radius 2 is 0.444 bits per heavy atom. The van der Waals surface area contributed by atoms with Gasteiger partial charge in [-0.05, 0) is 69.6 Å². The average molecular weight is 1030 g/mol. The van der Waals surface area contributed by atoms with E-state index in [1.165, 1.54) is 327 Å². The Kier molecular flexibility index (Phi) is 58.6. The van der Waals surface area contributed by atoms with Crippen molar-refractivity contribution in [1.29, 1.82) is 0 Å². The van der Waals surface area contributed by atoms with Crippen LogP contribution in [0.5, 0.6) is 0 Å². The van der Waals surface area contributed by atoms with Gasteiger partial charge in [-0.2, -0.15) is 0 Å². The molecule has 0 rings (SSSR count). The van der Waals surface area contributed by atoms with E-state index in [2.05, 4.69) is 57.6 Å². The van der Waals surface area contributed by atoms with Crippen molar-refractivity contribution in [2.75, 3.05) is 12.3 Å². The molecule has 0 aromatic rings. The zero-order valence-electron chi connectivity index (χ0n) is 49.6. The third-order valence-corrected chi connectivity index (χ3v) is 16.6. The molecule has 428 valence electrons. The zero-order chi connectivity index (χ0) is 52.3. The smallest absolute Gasteiger partial charge is 0.101 e. The van der Waals surface area contributed by atoms with Crippen LogP contribution >= 0.6 is 0 Å². The zero-order valence-corrected chi connectivity index (χ0v) is 50.4. The predicted molar refractivity (Wildman–Crippen MR) is 323 cm³/mol. The third-order valence-electron chi connectivity index (χ3n) is 15.8. The first kappa shape index (κ1) is 71.1. The number of allylic oxidation sites excluding steroid dienone is 3. The monoisotopic (exact) mass is 1030 g/mol. The Morgan fingerprint density at radius 1 is 0.264 bits per heavy atom. The average Bonchev–Trinajstić information content (AvgIpc) is 3.37. The Balaban J connectivity index is 4.89. The molecule has 0 aliphatic carbocycles. The lowest BCUT2D eigenvalue weighted by Crippen LogP contribution is -2.32. The summed E-state index contributed by atoms with van der Waals surface area (Å²) in [6, 6.07) is 0. The Labute approximate surface area is 454 Å². The number of hydrogen-bond acceptors (Lipinski definition) is 3. The van der Waals surface area contributed by atoms with Crippen LogP contribution in [0.4, 0.5) is 0 Å². The van der Waals surface area contributed by atoms with Crippen LogP contribution in [0.25, 0.3) is 0 Å². The number of quaternary nitrogens is 1. The van der Waals surface area contributed by atoms with E-state index in [1.807, 2.05) is 0 Å². The van der Waals surface area contributed by atoms with Crippen LogP contribution < -0.4 is 0 Å². The van der Waals surface area contributed by atoms with Crippen LogP contribution in [0.2, 0.25) is 0 Å². The fourth-order valence-corrected chi connectivity index (χ4v) is 11.4. The van der Waals surface area contributed by atoms with Crippen molar-refractivity contribution in [3.05, 3.63) is 36.8 Å². The first-order valence-corrected chi connectivity index (χ1v) is 34.8. The first-order chi connectivity index (χ1) is 35.4. The normalized spacial score (nSPS) is 12.6. The number of hydrogen-bond donors (Lipinski definition) is 0. The van der Waals surface area contributed by atoms with Crippen molar-refractivity contribution in [3.63, 3.8) is 0 Å². The van der Waals surface area contributed by atoms with Gasteiger partial charge in [0.1, 0.15) is 18.6 Å². The van der Waals surface area contributed by atoms with Crippen LogP contribution in [0.15, 0.2) is 36.8 Å². The van der Waals surface area contributed by atoms with Gasteiger partial charge in [-0.15, -0.1) is 0 Å². The van der Waals surface area contributed by atoms with Crippen LogP contribution in [0.3, 0.4) is 0 Å². The van der Waals surface area contributed by atoms with Crippen molar-refractivity contribution in [1.82, 2.24) is 0 Å². The molecule has 0 amide bonds. The second kappa shape index (κ2) is 59.3. The molecule has 0 aromatic carbocycles. The van der Waals surface area contributed by atoms with Crippen molar-refractivity contribution < 1.29 is 17.5 Å². The van der Waals surface area contributed by atoms with Crippen LogP contribution in [-0.4, -0.2) is 29.8 Å². The van der Waals surface area contributed by atoms with Gasteiger partial charge in [-0.3, -0.25) is 0 Å². The van der Waals surface area contributed by atoms with Gasteiger partial charge in [0, 0.05) is 5.75 Å². The Hall–Kier alpha value is -0.910. The molecule has 5 heteroatoms. The maximum Gasteiger partial charge on any atom is 0.101 e. The molecule has 0 heterocycles. The van der Waals surface area contributed by atoms with Gasteiger partial charge < -0.3 is 4.55 Å². The van der Waals surface area contributed by atoms with Gasteiger partial charge in [-0.25, -0.2) is 12.9 Å². The van der Waals surface area contributed by atoms with E-state index in [1.54, 1.807) is 0 Å². The van der Waals surface area contributed by atoms with Crippen molar-refractivity contribution >= 4 is 10.1 Å². The summed E-state index contributed by atoms with van der Waals surface area (Å²) >= 11 is 0. The van der Waals surface area contributed by atoms with Crippen molar-refractivity contribution in [2.24, 2.45) is 0 Å². The molecule has 0 atom stereocenters. The summed E-state index contributed by atoms with van der Waals surface area (Å²) in [7, 11) is -4.19. The van der Waals surface area contributed by atoms with E-state index in [9.17, 15) is 13.0 Å². The van der Waals surface area contributed by atoms with Crippen LogP contribution in [0, 0.1) is 0 Å². The third kappa shape index (κ3) is 58.4. The lowest BCUT2D eigenvalue weighted by atomic mass is 10.0. The van der Waals surface area contributed by atoms with Gasteiger partial charge in [0.05, 0.1) is 16.7 Å². The number of rotatable bonds is 62. The van der Waals surface area contributed by atoms with Gasteiger partial charge >= 0.3 is 0 Å². The summed E-state index contributed by atoms with van der Waals surface area (Å²) in [5.74, 6) is -0.262. The maximum absolute atomic E-state index is 11.5. The maximum atomic E-state index is 11.5. The highest BCUT2D eigenvalue weighted by Gasteiger charge is 2.19. The van der Waals surface area contributed by atoms with Crippen molar-refractivity contribution in [3.8, 4) is 0 Å². The highest BCUT2D eigenvalue weighted by molar-refractivity contribution is 7.85. The molecule has 0 spiro atoms. The summed E-state index contributed by atoms with van der Waals surface area (Å²) in [5, 5.41) is 0. The number of nitrogens with zero attached hydrogens (tertiary/aromatic N) is 1. The minimum absolute atomic E-state index is 0.262. The van der Waals surface area contributed by atoms with Gasteiger partial charge in [-0.1, -0.05) is 329 Å². The second-order valence-electron chi connectivity index (χ2n) is 23.2. The van der Waals surface area contributed by atoms with Gasteiger partial charge in [0.15, 0.2) is 0 Å². The van der Waals surface area contributed by atoms with Gasteiger partial charge in [0.2, 0.25) is 0 Å². The molecule has 0 aromatic heterocycles. The molecule has 0 bridgehead atoms. The molecule has 0 unspecified atom stereocenters. The van der Waals surface area contributed by atoms with E-state index >= 15 is 0 Å². The fraction of sp³-hybridized carbons (Fsp3) is 0.910. The SMILES string of the molecule is CCCCCCCCCCCCCCCCCCC/C=C/[N+](/C=C/CCCCCCCCCCCCCCCCCCC)(/C=C/CCCCCCCCCCCCCCCCCCC)CCCCS(=O)(=O)[O-]. The first-order valence-electron chi connectivity index (χ1n) is 33.2. The molecule has 0 aliphatic heterocycles. The van der Waals surface area contributed by atoms with Crippen LogP contribution in [-0.2, 0) is 10.1 Å². The molecule has 0 saturated carbocycles. The van der Waals surface area contributed by atoms with E-state index < -0.39 is 10.1 Å². The minimum Gasteiger partial charge on any atom is -0.748 e. The van der Waals surface area contributed by atoms with E-state index in [4.69, 9.17) is 0 Å². The largest absolute Gasteiger partial charge is 0.748 e. The Bertz CT molecular complexity index is 1110. The summed E-state index contributed by atoms with van der Waals surface area (Å²) in [6.45, 7) is 7.70. The lowest BCUT2D eigenvalue weighted by molar-refractivity contribution is -0.774. The molecular formula is C67H131NO3S. The highest BCUT2D eigenvalue weighted by atomic mass is 32.2. The molecule has 0 radical (unpaired) electrons. The minimum atomic E-state index is -4.19. The van der Waals surface area contributed by atoms with Gasteiger partial charge in [0.25, 0.3) is 0 Å². The topological polar surface area (TPSA) is 57.2 Å². The molecule has 0 fully saturated rings. The Morgan fingerprint density at radius 3 is 0.625 bits per heavy atom. The summed E-state index contributed by atoms with van der Waals surface area (Å²) in [5.41, 5.74) is 0. The highest BCUT2D eigenvalue weighted by Crippen LogP contribution is 2.21. The van der Waals surface area contributed by atoms with Crippen molar-refractivity contribution in [2.45, 2.75) is 380 Å².